The molecule has 2 rings (SSSR count). The third kappa shape index (κ3) is 0.921. The number of halogens is 1. The standard InChI is InChI=1S/C7H6ClN3O/c1-11-5-2-6(8)10-7(12)4(5)3-9-11/h2-3H,1H3,(H,10,12). The Morgan fingerprint density at radius 3 is 3.17 bits per heavy atom. The Hall–Kier alpha value is -1.29. The molecule has 0 bridgehead atoms. The number of aromatic amines is 1. The Labute approximate surface area is 72.8 Å². The maximum atomic E-state index is 11.2. The largest absolute Gasteiger partial charge is 0.312 e. The van der Waals surface area contributed by atoms with Gasteiger partial charge in [-0.25, -0.2) is 0 Å². The molecular weight excluding hydrogens is 178 g/mol. The first-order chi connectivity index (χ1) is 5.68. The molecule has 1 N–H and O–H groups in total. The summed E-state index contributed by atoms with van der Waals surface area (Å²) in [5.74, 6) is 0. The molecule has 2 aromatic rings. The van der Waals surface area contributed by atoms with Crippen LogP contribution in [0, 0.1) is 0 Å². The van der Waals surface area contributed by atoms with Crippen molar-refractivity contribution in [2.45, 2.75) is 0 Å². The van der Waals surface area contributed by atoms with Crippen molar-refractivity contribution in [1.29, 1.82) is 0 Å². The van der Waals surface area contributed by atoms with Crippen molar-refractivity contribution in [3.63, 3.8) is 0 Å². The molecular formula is C7H6ClN3O. The van der Waals surface area contributed by atoms with E-state index in [0.717, 1.165) is 5.52 Å². The lowest BCUT2D eigenvalue weighted by Gasteiger charge is -1.93. The number of fused-ring (bicyclic) bond motifs is 1. The van der Waals surface area contributed by atoms with Crippen molar-refractivity contribution in [2.24, 2.45) is 7.05 Å². The summed E-state index contributed by atoms with van der Waals surface area (Å²) >= 11 is 5.66. The van der Waals surface area contributed by atoms with Gasteiger partial charge in [-0.3, -0.25) is 9.48 Å². The monoisotopic (exact) mass is 183 g/mol. The van der Waals surface area contributed by atoms with Gasteiger partial charge < -0.3 is 4.98 Å². The van der Waals surface area contributed by atoms with Crippen molar-refractivity contribution in [3.05, 3.63) is 27.8 Å². The van der Waals surface area contributed by atoms with E-state index in [1.807, 2.05) is 0 Å². The Balaban J connectivity index is 3.03. The van der Waals surface area contributed by atoms with Gasteiger partial charge in [-0.05, 0) is 6.07 Å². The summed E-state index contributed by atoms with van der Waals surface area (Å²) in [6, 6.07) is 1.67. The minimum Gasteiger partial charge on any atom is -0.312 e. The molecule has 0 saturated heterocycles. The Kier molecular flexibility index (Phi) is 1.44. The summed E-state index contributed by atoms with van der Waals surface area (Å²) in [6.07, 6.45) is 1.52. The third-order valence-corrected chi connectivity index (χ3v) is 1.93. The van der Waals surface area contributed by atoms with E-state index in [0.29, 0.717) is 10.5 Å². The van der Waals surface area contributed by atoms with E-state index in [2.05, 4.69) is 10.1 Å². The van der Waals surface area contributed by atoms with Crippen molar-refractivity contribution in [3.8, 4) is 0 Å². The quantitative estimate of drug-likeness (QED) is 0.618. The molecule has 0 spiro atoms. The van der Waals surface area contributed by atoms with Crippen molar-refractivity contribution in [1.82, 2.24) is 14.8 Å². The summed E-state index contributed by atoms with van der Waals surface area (Å²) in [5.41, 5.74) is 0.536. The van der Waals surface area contributed by atoms with Crippen molar-refractivity contribution < 1.29 is 0 Å². The van der Waals surface area contributed by atoms with Crippen LogP contribution < -0.4 is 5.56 Å². The number of aromatic nitrogens is 3. The fourth-order valence-electron chi connectivity index (χ4n) is 1.13. The van der Waals surface area contributed by atoms with E-state index in [4.69, 9.17) is 11.6 Å². The number of H-pyrrole nitrogens is 1. The van der Waals surface area contributed by atoms with Gasteiger partial charge in [0.05, 0.1) is 17.1 Å². The number of nitrogens with one attached hydrogen (secondary N) is 1. The first-order valence-electron chi connectivity index (χ1n) is 3.39. The van der Waals surface area contributed by atoms with Crippen LogP contribution in [0.25, 0.3) is 10.9 Å². The van der Waals surface area contributed by atoms with Crippen LogP contribution in [0.5, 0.6) is 0 Å². The first kappa shape index (κ1) is 7.36. The van der Waals surface area contributed by atoms with E-state index in [1.165, 1.54) is 6.20 Å². The highest BCUT2D eigenvalue weighted by Crippen LogP contribution is 2.11. The minimum absolute atomic E-state index is 0.203. The predicted octanol–water partition coefficient (Wildman–Crippen LogP) is 0.915. The van der Waals surface area contributed by atoms with Crippen LogP contribution in [0.15, 0.2) is 17.1 Å². The molecule has 0 radical (unpaired) electrons. The second kappa shape index (κ2) is 2.35. The highest BCUT2D eigenvalue weighted by molar-refractivity contribution is 6.29. The molecule has 0 unspecified atom stereocenters. The fraction of sp³-hybridized carbons (Fsp3) is 0.143. The van der Waals surface area contributed by atoms with Gasteiger partial charge in [0.15, 0.2) is 0 Å². The van der Waals surface area contributed by atoms with Gasteiger partial charge in [0.1, 0.15) is 5.15 Å². The minimum atomic E-state index is -0.203. The van der Waals surface area contributed by atoms with Crippen molar-refractivity contribution >= 4 is 22.5 Å². The molecule has 0 aromatic carbocycles. The van der Waals surface area contributed by atoms with Crippen LogP contribution in [0.3, 0.4) is 0 Å². The molecule has 4 nitrogen and oxygen atoms in total. The van der Waals surface area contributed by atoms with Gasteiger partial charge in [-0.2, -0.15) is 5.10 Å². The summed E-state index contributed by atoms with van der Waals surface area (Å²) in [6.45, 7) is 0. The Morgan fingerprint density at radius 2 is 2.42 bits per heavy atom. The zero-order valence-electron chi connectivity index (χ0n) is 6.34. The summed E-state index contributed by atoms with van der Waals surface area (Å²) in [5, 5.41) is 4.82. The number of hydrogen-bond acceptors (Lipinski definition) is 2. The topological polar surface area (TPSA) is 50.7 Å². The van der Waals surface area contributed by atoms with E-state index in [-0.39, 0.29) is 5.56 Å². The second-order valence-electron chi connectivity index (χ2n) is 2.51. The van der Waals surface area contributed by atoms with Gasteiger partial charge in [0.25, 0.3) is 5.56 Å². The lowest BCUT2D eigenvalue weighted by Crippen LogP contribution is -2.05. The average Bonchev–Trinajstić information content (AvgIpc) is 2.33. The van der Waals surface area contributed by atoms with E-state index >= 15 is 0 Å². The van der Waals surface area contributed by atoms with Gasteiger partial charge in [0, 0.05) is 7.05 Å². The molecule has 5 heteroatoms. The van der Waals surface area contributed by atoms with Gasteiger partial charge in [-0.15, -0.1) is 0 Å². The summed E-state index contributed by atoms with van der Waals surface area (Å²) < 4.78 is 1.61. The van der Waals surface area contributed by atoms with Gasteiger partial charge in [-0.1, -0.05) is 11.6 Å². The average molecular weight is 184 g/mol. The molecule has 0 aliphatic rings. The summed E-state index contributed by atoms with van der Waals surface area (Å²) in [4.78, 5) is 13.7. The van der Waals surface area contributed by atoms with Crippen LogP contribution >= 0.6 is 11.6 Å². The lowest BCUT2D eigenvalue weighted by atomic mass is 10.3. The molecule has 0 aliphatic carbocycles. The zero-order valence-corrected chi connectivity index (χ0v) is 7.09. The maximum absolute atomic E-state index is 11.2. The van der Waals surface area contributed by atoms with Crippen LogP contribution in [0.2, 0.25) is 5.15 Å². The molecule has 2 heterocycles. The SMILES string of the molecule is Cn1ncc2c(=O)[nH]c(Cl)cc21. The van der Waals surface area contributed by atoms with Crippen LogP contribution in [-0.2, 0) is 7.05 Å². The maximum Gasteiger partial charge on any atom is 0.260 e. The van der Waals surface area contributed by atoms with Crippen LogP contribution in [-0.4, -0.2) is 14.8 Å². The highest BCUT2D eigenvalue weighted by atomic mass is 35.5. The molecule has 0 aliphatic heterocycles. The lowest BCUT2D eigenvalue weighted by molar-refractivity contribution is 0.797. The van der Waals surface area contributed by atoms with Crippen LogP contribution in [0.1, 0.15) is 0 Å². The molecule has 0 atom stereocenters. The molecule has 0 amide bonds. The van der Waals surface area contributed by atoms with Crippen LogP contribution in [0.4, 0.5) is 0 Å². The van der Waals surface area contributed by atoms with Crippen molar-refractivity contribution in [2.75, 3.05) is 0 Å². The predicted molar refractivity (Wildman–Crippen MR) is 46.3 cm³/mol. The van der Waals surface area contributed by atoms with E-state index in [9.17, 15) is 4.79 Å². The van der Waals surface area contributed by atoms with Gasteiger partial charge in [0.2, 0.25) is 0 Å². The van der Waals surface area contributed by atoms with E-state index in [1.54, 1.807) is 17.8 Å². The molecule has 0 saturated carbocycles. The zero-order chi connectivity index (χ0) is 8.72. The number of rotatable bonds is 0. The molecule has 2 aromatic heterocycles. The number of aryl methyl sites for hydroxylation is 1. The molecule has 62 valence electrons. The molecule has 0 fully saturated rings. The Bertz CT molecular complexity index is 485. The smallest absolute Gasteiger partial charge is 0.260 e. The third-order valence-electron chi connectivity index (χ3n) is 1.73. The number of hydrogen-bond donors (Lipinski definition) is 1. The Morgan fingerprint density at radius 1 is 1.67 bits per heavy atom. The molecule has 12 heavy (non-hydrogen) atoms. The fourth-order valence-corrected chi connectivity index (χ4v) is 1.31. The highest BCUT2D eigenvalue weighted by Gasteiger charge is 2.03. The second-order valence-corrected chi connectivity index (χ2v) is 2.92. The van der Waals surface area contributed by atoms with E-state index < -0.39 is 0 Å². The first-order valence-corrected chi connectivity index (χ1v) is 3.77. The number of pyridine rings is 1. The van der Waals surface area contributed by atoms with Gasteiger partial charge >= 0.3 is 0 Å². The normalized spacial score (nSPS) is 10.8. The number of nitrogens with zero attached hydrogens (tertiary/aromatic N) is 2. The summed E-state index contributed by atoms with van der Waals surface area (Å²) in [7, 11) is 1.76.